The second kappa shape index (κ2) is 10.9. The van der Waals surface area contributed by atoms with Gasteiger partial charge in [-0.05, 0) is 47.9 Å². The van der Waals surface area contributed by atoms with Crippen LogP contribution in [0, 0.1) is 11.7 Å². The maximum Gasteiger partial charge on any atom is 0.253 e. The molecule has 2 aromatic rings. The predicted octanol–water partition coefficient (Wildman–Crippen LogP) is 4.76. The summed E-state index contributed by atoms with van der Waals surface area (Å²) in [7, 11) is 0. The van der Waals surface area contributed by atoms with Gasteiger partial charge in [0.15, 0.2) is 0 Å². The average Bonchev–Trinajstić information content (AvgIpc) is 3.37. The van der Waals surface area contributed by atoms with Crippen molar-refractivity contribution in [2.75, 3.05) is 26.2 Å². The number of amides is 2. The number of halogens is 1. The van der Waals surface area contributed by atoms with Crippen molar-refractivity contribution in [3.63, 3.8) is 0 Å². The fraction of sp³-hybridized carbons (Fsp3) is 0.517. The number of nitrogens with one attached hydrogen (secondary N) is 1. The lowest BCUT2D eigenvalue weighted by molar-refractivity contribution is -0.129. The van der Waals surface area contributed by atoms with Gasteiger partial charge in [-0.25, -0.2) is 4.39 Å². The second-order valence-electron chi connectivity index (χ2n) is 11.0. The first kappa shape index (κ1) is 25.4. The first-order chi connectivity index (χ1) is 16.7. The predicted molar refractivity (Wildman–Crippen MR) is 137 cm³/mol. The van der Waals surface area contributed by atoms with Crippen LogP contribution in [0.2, 0.25) is 0 Å². The smallest absolute Gasteiger partial charge is 0.253 e. The lowest BCUT2D eigenvalue weighted by atomic mass is 9.86. The van der Waals surface area contributed by atoms with Crippen LogP contribution in [0.15, 0.2) is 48.5 Å². The van der Waals surface area contributed by atoms with Crippen LogP contribution in [0.3, 0.4) is 0 Å². The average molecular weight is 480 g/mol. The molecule has 6 heteroatoms. The summed E-state index contributed by atoms with van der Waals surface area (Å²) in [4.78, 5) is 30.5. The summed E-state index contributed by atoms with van der Waals surface area (Å²) in [6.07, 6.45) is 4.36. The molecule has 1 saturated carbocycles. The van der Waals surface area contributed by atoms with Crippen LogP contribution in [0.25, 0.3) is 0 Å². The minimum atomic E-state index is -0.298. The SMILES string of the molecule is CC(C)(C)c1ccc(C(=O)N2CCN([C@@H](C(=O)NCc3ccccc3F)C3CCCC3)CC2)cc1. The van der Waals surface area contributed by atoms with Crippen molar-refractivity contribution >= 4 is 11.8 Å². The number of hydrogen-bond acceptors (Lipinski definition) is 3. The highest BCUT2D eigenvalue weighted by atomic mass is 19.1. The van der Waals surface area contributed by atoms with Gasteiger partial charge in [0.2, 0.25) is 5.91 Å². The molecule has 2 fully saturated rings. The summed E-state index contributed by atoms with van der Waals surface area (Å²) in [6, 6.07) is 14.3. The van der Waals surface area contributed by atoms with E-state index in [0.717, 1.165) is 25.7 Å². The molecule has 5 nitrogen and oxygen atoms in total. The molecule has 0 spiro atoms. The van der Waals surface area contributed by atoms with Gasteiger partial charge in [-0.1, -0.05) is 63.9 Å². The second-order valence-corrected chi connectivity index (χ2v) is 11.0. The van der Waals surface area contributed by atoms with E-state index in [0.29, 0.717) is 43.2 Å². The fourth-order valence-corrected chi connectivity index (χ4v) is 5.38. The van der Waals surface area contributed by atoms with Gasteiger partial charge in [-0.2, -0.15) is 0 Å². The van der Waals surface area contributed by atoms with Gasteiger partial charge in [-0.15, -0.1) is 0 Å². The van der Waals surface area contributed by atoms with Crippen LogP contribution in [0.1, 0.15) is 67.9 Å². The Labute approximate surface area is 208 Å². The Morgan fingerprint density at radius 2 is 1.60 bits per heavy atom. The molecule has 35 heavy (non-hydrogen) atoms. The molecule has 1 atom stereocenters. The highest BCUT2D eigenvalue weighted by Gasteiger charge is 2.37. The number of carbonyl (C=O) groups excluding carboxylic acids is 2. The van der Waals surface area contributed by atoms with Gasteiger partial charge in [-0.3, -0.25) is 14.5 Å². The minimum Gasteiger partial charge on any atom is -0.351 e. The van der Waals surface area contributed by atoms with Crippen LogP contribution in [-0.2, 0) is 16.8 Å². The summed E-state index contributed by atoms with van der Waals surface area (Å²) in [6.45, 7) is 9.22. The minimum absolute atomic E-state index is 0.0299. The molecule has 188 valence electrons. The van der Waals surface area contributed by atoms with Gasteiger partial charge in [0.05, 0.1) is 6.04 Å². The number of piperazine rings is 1. The lowest BCUT2D eigenvalue weighted by Crippen LogP contribution is -2.57. The number of nitrogens with zero attached hydrogens (tertiary/aromatic N) is 2. The molecule has 0 aromatic heterocycles. The van der Waals surface area contributed by atoms with E-state index in [4.69, 9.17) is 0 Å². The third kappa shape index (κ3) is 6.10. The van der Waals surface area contributed by atoms with Crippen molar-refractivity contribution in [1.29, 1.82) is 0 Å². The monoisotopic (exact) mass is 479 g/mol. The molecule has 4 rings (SSSR count). The lowest BCUT2D eigenvalue weighted by Gasteiger charge is -2.40. The van der Waals surface area contributed by atoms with Crippen molar-refractivity contribution in [2.45, 2.75) is 64.5 Å². The quantitative estimate of drug-likeness (QED) is 0.650. The third-order valence-electron chi connectivity index (χ3n) is 7.52. The Bertz CT molecular complexity index is 1020. The Morgan fingerprint density at radius 1 is 0.971 bits per heavy atom. The molecule has 2 amide bonds. The Morgan fingerprint density at radius 3 is 2.20 bits per heavy atom. The van der Waals surface area contributed by atoms with Gasteiger partial charge >= 0.3 is 0 Å². The van der Waals surface area contributed by atoms with Crippen LogP contribution in [0.5, 0.6) is 0 Å². The van der Waals surface area contributed by atoms with E-state index >= 15 is 0 Å². The normalized spacial score (nSPS) is 18.5. The maximum atomic E-state index is 14.0. The number of rotatable bonds is 6. The zero-order valence-corrected chi connectivity index (χ0v) is 21.2. The zero-order valence-electron chi connectivity index (χ0n) is 21.2. The molecule has 0 radical (unpaired) electrons. The van der Waals surface area contributed by atoms with E-state index in [1.807, 2.05) is 29.2 Å². The molecular formula is C29H38FN3O2. The zero-order chi connectivity index (χ0) is 25.0. The van der Waals surface area contributed by atoms with Crippen molar-refractivity contribution in [2.24, 2.45) is 5.92 Å². The van der Waals surface area contributed by atoms with Crippen molar-refractivity contribution in [1.82, 2.24) is 15.1 Å². The van der Waals surface area contributed by atoms with Crippen LogP contribution < -0.4 is 5.32 Å². The van der Waals surface area contributed by atoms with Crippen molar-refractivity contribution in [3.05, 3.63) is 71.0 Å². The maximum absolute atomic E-state index is 14.0. The molecular weight excluding hydrogens is 441 g/mol. The van der Waals surface area contributed by atoms with Crippen molar-refractivity contribution in [3.8, 4) is 0 Å². The number of carbonyl (C=O) groups is 2. The van der Waals surface area contributed by atoms with E-state index in [1.54, 1.807) is 18.2 Å². The van der Waals surface area contributed by atoms with E-state index in [2.05, 4.69) is 31.0 Å². The molecule has 1 aliphatic heterocycles. The summed E-state index contributed by atoms with van der Waals surface area (Å²) in [5.74, 6) is 0.0277. The van der Waals surface area contributed by atoms with Gasteiger partial charge in [0.25, 0.3) is 5.91 Å². The van der Waals surface area contributed by atoms with Crippen LogP contribution >= 0.6 is 0 Å². The standard InChI is InChI=1S/C29H38FN3O2/c1-29(2,3)24-14-12-22(13-15-24)28(35)33-18-16-32(17-19-33)26(21-8-4-5-9-21)27(34)31-20-23-10-6-7-11-25(23)30/h6-7,10-15,21,26H,4-5,8-9,16-20H2,1-3H3,(H,31,34)/t26-/m1/s1. The Hall–Kier alpha value is -2.73. The summed E-state index contributed by atoms with van der Waals surface area (Å²) >= 11 is 0. The molecule has 1 heterocycles. The van der Waals surface area contributed by atoms with Gasteiger partial charge < -0.3 is 10.2 Å². The molecule has 0 bridgehead atoms. The first-order valence-electron chi connectivity index (χ1n) is 12.9. The van der Waals surface area contributed by atoms with Crippen LogP contribution in [-0.4, -0.2) is 53.8 Å². The van der Waals surface area contributed by atoms with E-state index in [1.165, 1.54) is 11.6 Å². The molecule has 2 aromatic carbocycles. The largest absolute Gasteiger partial charge is 0.351 e. The van der Waals surface area contributed by atoms with E-state index < -0.39 is 0 Å². The summed E-state index contributed by atoms with van der Waals surface area (Å²) < 4.78 is 14.0. The van der Waals surface area contributed by atoms with Gasteiger partial charge in [0, 0.05) is 43.9 Å². The highest BCUT2D eigenvalue weighted by Crippen LogP contribution is 2.31. The third-order valence-corrected chi connectivity index (χ3v) is 7.52. The topological polar surface area (TPSA) is 52.7 Å². The molecule has 1 saturated heterocycles. The molecule has 1 N–H and O–H groups in total. The fourth-order valence-electron chi connectivity index (χ4n) is 5.38. The van der Waals surface area contributed by atoms with Crippen molar-refractivity contribution < 1.29 is 14.0 Å². The van der Waals surface area contributed by atoms with E-state index in [9.17, 15) is 14.0 Å². The summed E-state index contributed by atoms with van der Waals surface area (Å²) in [5.41, 5.74) is 2.47. The first-order valence-corrected chi connectivity index (χ1v) is 12.9. The molecule has 1 aliphatic carbocycles. The Balaban J connectivity index is 1.38. The van der Waals surface area contributed by atoms with E-state index in [-0.39, 0.29) is 35.6 Å². The Kier molecular flexibility index (Phi) is 7.90. The number of benzene rings is 2. The van der Waals surface area contributed by atoms with Crippen LogP contribution in [0.4, 0.5) is 4.39 Å². The number of hydrogen-bond donors (Lipinski definition) is 1. The summed E-state index contributed by atoms with van der Waals surface area (Å²) in [5, 5.41) is 2.99. The molecule has 0 unspecified atom stereocenters. The molecule has 2 aliphatic rings. The van der Waals surface area contributed by atoms with Gasteiger partial charge in [0.1, 0.15) is 5.82 Å². The highest BCUT2D eigenvalue weighted by molar-refractivity contribution is 5.94.